The van der Waals surface area contributed by atoms with E-state index >= 15 is 0 Å². The van der Waals surface area contributed by atoms with Crippen molar-refractivity contribution in [3.05, 3.63) is 54.0 Å². The summed E-state index contributed by atoms with van der Waals surface area (Å²) in [5.41, 5.74) is 1.09. The molecule has 1 fully saturated rings. The fourth-order valence-corrected chi connectivity index (χ4v) is 3.12. The third-order valence-corrected chi connectivity index (χ3v) is 4.61. The van der Waals surface area contributed by atoms with Gasteiger partial charge in [-0.2, -0.15) is 0 Å². The average Bonchev–Trinajstić information content (AvgIpc) is 3.23. The van der Waals surface area contributed by atoms with Crippen LogP contribution in [-0.2, 0) is 6.54 Å². The van der Waals surface area contributed by atoms with Gasteiger partial charge in [-0.15, -0.1) is 24.0 Å². The van der Waals surface area contributed by atoms with Gasteiger partial charge in [0, 0.05) is 38.9 Å². The van der Waals surface area contributed by atoms with E-state index in [1.165, 1.54) is 25.0 Å². The van der Waals surface area contributed by atoms with E-state index in [1.54, 1.807) is 19.2 Å². The van der Waals surface area contributed by atoms with Crippen LogP contribution in [0.4, 0.5) is 10.2 Å². The monoisotopic (exact) mass is 513 g/mol. The molecule has 29 heavy (non-hydrogen) atoms. The zero-order valence-corrected chi connectivity index (χ0v) is 19.2. The van der Waals surface area contributed by atoms with Crippen molar-refractivity contribution in [1.29, 1.82) is 0 Å². The number of hydrogen-bond acceptors (Lipinski definition) is 4. The number of nitrogens with one attached hydrogen (secondary N) is 2. The van der Waals surface area contributed by atoms with Gasteiger partial charge in [-0.25, -0.2) is 9.37 Å². The smallest absolute Gasteiger partial charge is 0.191 e. The Kier molecular flexibility index (Phi) is 9.43. The molecule has 2 N–H and O–H groups in total. The number of ether oxygens (including phenoxy) is 1. The number of pyridine rings is 1. The second-order valence-corrected chi connectivity index (χ2v) is 6.91. The van der Waals surface area contributed by atoms with Crippen molar-refractivity contribution in [3.63, 3.8) is 0 Å². The molecule has 1 aromatic heterocycles. The van der Waals surface area contributed by atoms with Gasteiger partial charge in [0.2, 0.25) is 0 Å². The van der Waals surface area contributed by atoms with E-state index in [1.807, 2.05) is 13.1 Å². The van der Waals surface area contributed by atoms with Crippen LogP contribution in [0.1, 0.15) is 25.3 Å². The molecule has 2 aromatic rings. The summed E-state index contributed by atoms with van der Waals surface area (Å²) in [6.45, 7) is 5.29. The van der Waals surface area contributed by atoms with Gasteiger partial charge in [-0.1, -0.05) is 12.1 Å². The summed E-state index contributed by atoms with van der Waals surface area (Å²) in [7, 11) is 1.72. The first kappa shape index (κ1) is 23.2. The maximum Gasteiger partial charge on any atom is 0.191 e. The topological polar surface area (TPSA) is 61.8 Å². The van der Waals surface area contributed by atoms with E-state index < -0.39 is 0 Å². The predicted molar refractivity (Wildman–Crippen MR) is 126 cm³/mol. The molecular weight excluding hydrogens is 484 g/mol. The molecule has 0 spiro atoms. The Labute approximate surface area is 189 Å². The van der Waals surface area contributed by atoms with Gasteiger partial charge in [-0.05, 0) is 43.5 Å². The molecule has 0 bridgehead atoms. The fourth-order valence-electron chi connectivity index (χ4n) is 3.12. The second-order valence-electron chi connectivity index (χ2n) is 6.91. The molecule has 1 saturated heterocycles. The van der Waals surface area contributed by atoms with Gasteiger partial charge in [0.15, 0.2) is 5.96 Å². The van der Waals surface area contributed by atoms with E-state index in [-0.39, 0.29) is 35.9 Å². The summed E-state index contributed by atoms with van der Waals surface area (Å²) >= 11 is 0. The number of aliphatic imine (C=N–C) groups is 1. The zero-order valence-electron chi connectivity index (χ0n) is 16.9. The van der Waals surface area contributed by atoms with Gasteiger partial charge in [0.25, 0.3) is 0 Å². The third-order valence-electron chi connectivity index (χ3n) is 4.61. The molecule has 1 aliphatic rings. The van der Waals surface area contributed by atoms with Crippen LogP contribution in [0.5, 0.6) is 5.75 Å². The molecule has 8 heteroatoms. The van der Waals surface area contributed by atoms with Gasteiger partial charge in [0.05, 0.1) is 6.54 Å². The van der Waals surface area contributed by atoms with E-state index in [4.69, 9.17) is 4.74 Å². The van der Waals surface area contributed by atoms with Crippen LogP contribution in [-0.4, -0.2) is 43.7 Å². The van der Waals surface area contributed by atoms with Crippen LogP contribution in [0.15, 0.2) is 47.6 Å². The minimum Gasteiger partial charge on any atom is -0.489 e. The number of benzene rings is 1. The van der Waals surface area contributed by atoms with E-state index in [9.17, 15) is 4.39 Å². The summed E-state index contributed by atoms with van der Waals surface area (Å²) in [5, 5.41) is 6.49. The summed E-state index contributed by atoms with van der Waals surface area (Å²) in [5.74, 6) is 1.94. The molecule has 0 amide bonds. The summed E-state index contributed by atoms with van der Waals surface area (Å²) < 4.78 is 18.9. The molecule has 0 saturated carbocycles. The van der Waals surface area contributed by atoms with Crippen molar-refractivity contribution in [2.75, 3.05) is 31.6 Å². The standard InChI is InChI=1S/C21H28FN5O.HI/c1-16(28-19-7-5-6-18(22)12-19)13-25-21(23-2)26-15-17-8-9-20(24-14-17)27-10-3-4-11-27;/h5-9,12,14,16H,3-4,10-11,13,15H2,1-2H3,(H2,23,25,26);1H. The van der Waals surface area contributed by atoms with Crippen LogP contribution in [0.25, 0.3) is 0 Å². The minimum atomic E-state index is -0.306. The molecule has 1 unspecified atom stereocenters. The number of rotatable bonds is 7. The van der Waals surface area contributed by atoms with Crippen molar-refractivity contribution in [3.8, 4) is 5.75 Å². The van der Waals surface area contributed by atoms with Gasteiger partial charge in [-0.3, -0.25) is 4.99 Å². The van der Waals surface area contributed by atoms with Crippen molar-refractivity contribution in [2.45, 2.75) is 32.4 Å². The highest BCUT2D eigenvalue weighted by molar-refractivity contribution is 14.0. The Morgan fingerprint density at radius 1 is 1.24 bits per heavy atom. The van der Waals surface area contributed by atoms with Gasteiger partial charge in [0.1, 0.15) is 23.5 Å². The zero-order chi connectivity index (χ0) is 19.8. The van der Waals surface area contributed by atoms with E-state index in [2.05, 4.69) is 37.6 Å². The van der Waals surface area contributed by atoms with Crippen LogP contribution in [0.2, 0.25) is 0 Å². The number of anilines is 1. The first-order chi connectivity index (χ1) is 13.6. The third kappa shape index (κ3) is 7.34. The van der Waals surface area contributed by atoms with E-state index in [0.29, 0.717) is 24.8 Å². The molecule has 3 rings (SSSR count). The molecule has 6 nitrogen and oxygen atoms in total. The lowest BCUT2D eigenvalue weighted by molar-refractivity contribution is 0.223. The van der Waals surface area contributed by atoms with Crippen molar-refractivity contribution >= 4 is 35.8 Å². The number of aromatic nitrogens is 1. The molecule has 1 aliphatic heterocycles. The molecule has 0 aliphatic carbocycles. The Bertz CT molecular complexity index is 781. The fraction of sp³-hybridized carbons (Fsp3) is 0.429. The maximum absolute atomic E-state index is 13.2. The largest absolute Gasteiger partial charge is 0.489 e. The Morgan fingerprint density at radius 2 is 2.03 bits per heavy atom. The maximum atomic E-state index is 13.2. The molecule has 0 radical (unpaired) electrons. The summed E-state index contributed by atoms with van der Waals surface area (Å²) in [6, 6.07) is 10.3. The lowest BCUT2D eigenvalue weighted by Gasteiger charge is -2.18. The van der Waals surface area contributed by atoms with E-state index in [0.717, 1.165) is 24.5 Å². The van der Waals surface area contributed by atoms with Crippen LogP contribution in [0, 0.1) is 5.82 Å². The highest BCUT2D eigenvalue weighted by atomic mass is 127. The first-order valence-electron chi connectivity index (χ1n) is 9.70. The van der Waals surface area contributed by atoms with Gasteiger partial charge < -0.3 is 20.3 Å². The molecule has 158 valence electrons. The highest BCUT2D eigenvalue weighted by Crippen LogP contribution is 2.17. The highest BCUT2D eigenvalue weighted by Gasteiger charge is 2.13. The summed E-state index contributed by atoms with van der Waals surface area (Å²) in [6.07, 6.45) is 4.26. The summed E-state index contributed by atoms with van der Waals surface area (Å²) in [4.78, 5) is 11.1. The first-order valence-corrected chi connectivity index (χ1v) is 9.70. The molecule has 1 atom stereocenters. The Balaban J connectivity index is 0.00000300. The number of nitrogens with zero attached hydrogens (tertiary/aromatic N) is 3. The minimum absolute atomic E-state index is 0. The molecule has 1 aromatic carbocycles. The van der Waals surface area contributed by atoms with Crippen LogP contribution >= 0.6 is 24.0 Å². The normalized spacial score (nSPS) is 14.9. The number of halogens is 2. The SMILES string of the molecule is CN=C(NCc1ccc(N2CCCC2)nc1)NCC(C)Oc1cccc(F)c1.I. The van der Waals surface area contributed by atoms with Crippen molar-refractivity contribution in [1.82, 2.24) is 15.6 Å². The quantitative estimate of drug-likeness (QED) is 0.337. The van der Waals surface area contributed by atoms with Crippen molar-refractivity contribution in [2.24, 2.45) is 4.99 Å². The van der Waals surface area contributed by atoms with Crippen LogP contribution in [0.3, 0.4) is 0 Å². The number of hydrogen-bond donors (Lipinski definition) is 2. The Hall–Kier alpha value is -2.10. The lowest BCUT2D eigenvalue weighted by Crippen LogP contribution is -2.41. The molecular formula is C21H29FIN5O. The lowest BCUT2D eigenvalue weighted by atomic mass is 10.3. The van der Waals surface area contributed by atoms with Gasteiger partial charge >= 0.3 is 0 Å². The Morgan fingerprint density at radius 3 is 2.69 bits per heavy atom. The average molecular weight is 513 g/mol. The number of guanidine groups is 1. The van der Waals surface area contributed by atoms with Crippen LogP contribution < -0.4 is 20.3 Å². The second kappa shape index (κ2) is 11.8. The van der Waals surface area contributed by atoms with Crippen molar-refractivity contribution < 1.29 is 9.13 Å². The predicted octanol–water partition coefficient (Wildman–Crippen LogP) is 3.57. The molecule has 2 heterocycles.